The molecule has 6 nitrogen and oxygen atoms in total. The molecular formula is C21H32O6. The molecule has 0 aromatic heterocycles. The third-order valence-electron chi connectivity index (χ3n) is 4.82. The van der Waals surface area contributed by atoms with Crippen LogP contribution in [0.3, 0.4) is 0 Å². The Morgan fingerprint density at radius 3 is 1.81 bits per heavy atom. The number of aliphatic hydroxyl groups is 3. The Balaban J connectivity index is 0.000000345. The molecule has 0 heterocycles. The van der Waals surface area contributed by atoms with Gasteiger partial charge in [0.1, 0.15) is 17.3 Å². The first-order valence-electron chi connectivity index (χ1n) is 9.41. The number of Topliss-reactive ketones (excluding diaryl/α,β-unsaturated/α-hetero) is 2. The second-order valence-corrected chi connectivity index (χ2v) is 7.42. The molecule has 1 fully saturated rings. The van der Waals surface area contributed by atoms with Crippen molar-refractivity contribution in [2.45, 2.75) is 58.5 Å². The maximum Gasteiger partial charge on any atom is 0.140 e. The molecule has 0 spiro atoms. The Labute approximate surface area is 161 Å². The van der Waals surface area contributed by atoms with Gasteiger partial charge in [-0.05, 0) is 43.9 Å². The molecule has 6 heteroatoms. The third-order valence-corrected chi connectivity index (χ3v) is 4.82. The predicted molar refractivity (Wildman–Crippen MR) is 103 cm³/mol. The van der Waals surface area contributed by atoms with Crippen molar-refractivity contribution in [1.29, 1.82) is 0 Å². The molecule has 1 saturated carbocycles. The molecule has 0 atom stereocenters. The Bertz CT molecular complexity index is 556. The number of ketones is 2. The molecule has 1 aromatic carbocycles. The average Bonchev–Trinajstić information content (AvgIpc) is 2.64. The standard InChI is InChI=1S/C15H18O3.C6H14O3/c1-10(2)18-15-5-3-11(4-6-15)12-7-13(16)9-14(17)8-12;1-2-6(3-7,4-8)5-9/h3-6,10,12H,7-9H2,1-2H3;7-9H,2-5H2,1H3. The van der Waals surface area contributed by atoms with Crippen molar-refractivity contribution >= 4 is 11.6 Å². The van der Waals surface area contributed by atoms with Crippen molar-refractivity contribution in [2.24, 2.45) is 5.41 Å². The molecule has 27 heavy (non-hydrogen) atoms. The lowest BCUT2D eigenvalue weighted by Gasteiger charge is -2.24. The lowest BCUT2D eigenvalue weighted by Crippen LogP contribution is -2.32. The molecule has 1 aromatic rings. The quantitative estimate of drug-likeness (QED) is 0.627. The number of hydrogen-bond acceptors (Lipinski definition) is 6. The van der Waals surface area contributed by atoms with Crippen LogP contribution in [0.4, 0.5) is 0 Å². The topological polar surface area (TPSA) is 104 Å². The van der Waals surface area contributed by atoms with E-state index in [0.29, 0.717) is 19.3 Å². The van der Waals surface area contributed by atoms with Gasteiger partial charge in [0.15, 0.2) is 0 Å². The summed E-state index contributed by atoms with van der Waals surface area (Å²) in [6.07, 6.45) is 1.82. The summed E-state index contributed by atoms with van der Waals surface area (Å²) in [5.74, 6) is 0.978. The Morgan fingerprint density at radius 2 is 1.48 bits per heavy atom. The Morgan fingerprint density at radius 1 is 1.00 bits per heavy atom. The molecule has 0 bridgehead atoms. The van der Waals surface area contributed by atoms with Crippen LogP contribution in [0.5, 0.6) is 5.75 Å². The first-order valence-corrected chi connectivity index (χ1v) is 9.41. The normalized spacial score (nSPS) is 15.5. The highest BCUT2D eigenvalue weighted by molar-refractivity contribution is 6.02. The van der Waals surface area contributed by atoms with Crippen molar-refractivity contribution < 1.29 is 29.6 Å². The van der Waals surface area contributed by atoms with Crippen LogP contribution in [0, 0.1) is 5.41 Å². The zero-order chi connectivity index (χ0) is 20.4. The summed E-state index contributed by atoms with van der Waals surface area (Å²) in [7, 11) is 0. The maximum atomic E-state index is 11.4. The Kier molecular flexibility index (Phi) is 9.63. The summed E-state index contributed by atoms with van der Waals surface area (Å²) < 4.78 is 5.56. The van der Waals surface area contributed by atoms with Crippen molar-refractivity contribution in [3.8, 4) is 5.75 Å². The highest BCUT2D eigenvalue weighted by Gasteiger charge is 2.26. The molecule has 2 rings (SSSR count). The van der Waals surface area contributed by atoms with Gasteiger partial charge < -0.3 is 20.1 Å². The second-order valence-electron chi connectivity index (χ2n) is 7.42. The number of hydrogen-bond donors (Lipinski definition) is 3. The van der Waals surface area contributed by atoms with E-state index in [1.54, 1.807) is 0 Å². The Hall–Kier alpha value is -1.76. The number of carbonyl (C=O) groups excluding carboxylic acids is 2. The zero-order valence-electron chi connectivity index (χ0n) is 16.5. The molecule has 0 unspecified atom stereocenters. The van der Waals surface area contributed by atoms with Gasteiger partial charge in [-0.25, -0.2) is 0 Å². The highest BCUT2D eigenvalue weighted by Crippen LogP contribution is 2.30. The van der Waals surface area contributed by atoms with E-state index in [0.717, 1.165) is 11.3 Å². The van der Waals surface area contributed by atoms with Crippen LogP contribution in [0.1, 0.15) is 57.9 Å². The van der Waals surface area contributed by atoms with E-state index in [1.165, 1.54) is 0 Å². The van der Waals surface area contributed by atoms with Crippen LogP contribution in [0.2, 0.25) is 0 Å². The van der Waals surface area contributed by atoms with Crippen LogP contribution in [0.15, 0.2) is 24.3 Å². The molecule has 1 aliphatic rings. The fourth-order valence-corrected chi connectivity index (χ4v) is 2.80. The van der Waals surface area contributed by atoms with Crippen LogP contribution < -0.4 is 4.74 Å². The maximum absolute atomic E-state index is 11.4. The third kappa shape index (κ3) is 7.40. The smallest absolute Gasteiger partial charge is 0.140 e. The van der Waals surface area contributed by atoms with Crippen molar-refractivity contribution in [1.82, 2.24) is 0 Å². The zero-order valence-corrected chi connectivity index (χ0v) is 16.5. The fraction of sp³-hybridized carbons (Fsp3) is 0.619. The van der Waals surface area contributed by atoms with Gasteiger partial charge in [-0.2, -0.15) is 0 Å². The molecule has 0 amide bonds. The van der Waals surface area contributed by atoms with Crippen LogP contribution >= 0.6 is 0 Å². The van der Waals surface area contributed by atoms with Crippen LogP contribution in [0.25, 0.3) is 0 Å². The molecule has 0 saturated heterocycles. The highest BCUT2D eigenvalue weighted by atomic mass is 16.5. The number of benzene rings is 1. The summed E-state index contributed by atoms with van der Waals surface area (Å²) in [6, 6.07) is 7.71. The number of carbonyl (C=O) groups is 2. The first-order chi connectivity index (χ1) is 12.8. The van der Waals surface area contributed by atoms with E-state index in [-0.39, 0.29) is 49.8 Å². The van der Waals surface area contributed by atoms with E-state index in [4.69, 9.17) is 20.1 Å². The largest absolute Gasteiger partial charge is 0.491 e. The number of ether oxygens (including phenoxy) is 1. The van der Waals surface area contributed by atoms with Gasteiger partial charge in [0, 0.05) is 18.3 Å². The van der Waals surface area contributed by atoms with Gasteiger partial charge in [-0.1, -0.05) is 19.1 Å². The van der Waals surface area contributed by atoms with Gasteiger partial charge in [0.05, 0.1) is 32.3 Å². The van der Waals surface area contributed by atoms with Gasteiger partial charge in [-0.3, -0.25) is 9.59 Å². The second kappa shape index (κ2) is 11.2. The van der Waals surface area contributed by atoms with Gasteiger partial charge in [-0.15, -0.1) is 0 Å². The van der Waals surface area contributed by atoms with Crippen LogP contribution in [-0.2, 0) is 9.59 Å². The minimum absolute atomic E-state index is 0.0480. The molecule has 152 valence electrons. The van der Waals surface area contributed by atoms with Gasteiger partial charge >= 0.3 is 0 Å². The van der Waals surface area contributed by atoms with E-state index < -0.39 is 5.41 Å². The predicted octanol–water partition coefficient (Wildman–Crippen LogP) is 2.24. The lowest BCUT2D eigenvalue weighted by molar-refractivity contribution is -0.130. The molecule has 0 radical (unpaired) electrons. The minimum atomic E-state index is -0.667. The summed E-state index contributed by atoms with van der Waals surface area (Å²) >= 11 is 0. The van der Waals surface area contributed by atoms with Gasteiger partial charge in [0.2, 0.25) is 0 Å². The minimum Gasteiger partial charge on any atom is -0.491 e. The first kappa shape index (κ1) is 23.3. The van der Waals surface area contributed by atoms with Gasteiger partial charge in [0.25, 0.3) is 0 Å². The SMILES string of the molecule is CC(C)Oc1ccc(C2CC(=O)CC(=O)C2)cc1.CCC(CO)(CO)CO. The average molecular weight is 380 g/mol. The van der Waals surface area contributed by atoms with E-state index in [2.05, 4.69) is 0 Å². The summed E-state index contributed by atoms with van der Waals surface area (Å²) in [4.78, 5) is 22.8. The summed E-state index contributed by atoms with van der Waals surface area (Å²) in [5, 5.41) is 26.0. The van der Waals surface area contributed by atoms with E-state index in [1.807, 2.05) is 45.0 Å². The van der Waals surface area contributed by atoms with Crippen molar-refractivity contribution in [3.05, 3.63) is 29.8 Å². The lowest BCUT2D eigenvalue weighted by atomic mass is 9.83. The monoisotopic (exact) mass is 380 g/mol. The summed E-state index contributed by atoms with van der Waals surface area (Å²) in [6.45, 7) is 5.31. The number of aliphatic hydroxyl groups excluding tert-OH is 3. The van der Waals surface area contributed by atoms with Crippen molar-refractivity contribution in [3.63, 3.8) is 0 Å². The summed E-state index contributed by atoms with van der Waals surface area (Å²) in [5.41, 5.74) is 0.382. The number of rotatable bonds is 7. The van der Waals surface area contributed by atoms with Crippen molar-refractivity contribution in [2.75, 3.05) is 19.8 Å². The van der Waals surface area contributed by atoms with Crippen LogP contribution in [-0.4, -0.2) is 52.8 Å². The molecule has 3 N–H and O–H groups in total. The van der Waals surface area contributed by atoms with E-state index >= 15 is 0 Å². The molecular weight excluding hydrogens is 348 g/mol. The molecule has 1 aliphatic carbocycles. The fourth-order valence-electron chi connectivity index (χ4n) is 2.80. The van der Waals surface area contributed by atoms with E-state index in [9.17, 15) is 9.59 Å². The molecule has 0 aliphatic heterocycles.